The summed E-state index contributed by atoms with van der Waals surface area (Å²) in [4.78, 5) is 0. The van der Waals surface area contributed by atoms with Gasteiger partial charge in [-0.15, -0.1) is 0 Å². The maximum Gasteiger partial charge on any atom is 0.0483 e. The summed E-state index contributed by atoms with van der Waals surface area (Å²) >= 11 is 0. The van der Waals surface area contributed by atoms with Gasteiger partial charge in [-0.1, -0.05) is 19.1 Å². The molecule has 1 aromatic carbocycles. The Bertz CT molecular complexity index is 497. The predicted octanol–water partition coefficient (Wildman–Crippen LogP) is 3.03. The van der Waals surface area contributed by atoms with E-state index in [1.54, 1.807) is 0 Å². The van der Waals surface area contributed by atoms with Gasteiger partial charge in [0.15, 0.2) is 0 Å². The van der Waals surface area contributed by atoms with E-state index in [1.165, 1.54) is 28.5 Å². The van der Waals surface area contributed by atoms with E-state index >= 15 is 0 Å². The Morgan fingerprint density at radius 3 is 2.88 bits per heavy atom. The van der Waals surface area contributed by atoms with E-state index in [-0.39, 0.29) is 0 Å². The molecule has 0 aliphatic rings. The van der Waals surface area contributed by atoms with E-state index in [2.05, 4.69) is 55.2 Å². The molecule has 0 atom stereocenters. The van der Waals surface area contributed by atoms with Gasteiger partial charge in [-0.2, -0.15) is 0 Å². The van der Waals surface area contributed by atoms with E-state index in [4.69, 9.17) is 0 Å². The number of fused-ring (bicyclic) bond motifs is 1. The van der Waals surface area contributed by atoms with Gasteiger partial charge < -0.3 is 9.88 Å². The van der Waals surface area contributed by atoms with Crippen LogP contribution in [0.1, 0.15) is 24.5 Å². The third kappa shape index (κ3) is 2.70. The zero-order valence-corrected chi connectivity index (χ0v) is 11.1. The summed E-state index contributed by atoms with van der Waals surface area (Å²) in [5.41, 5.74) is 4.15. The summed E-state index contributed by atoms with van der Waals surface area (Å²) in [5, 5.41) is 4.79. The third-order valence-electron chi connectivity index (χ3n) is 3.28. The molecular formula is C15H22N2. The Morgan fingerprint density at radius 2 is 2.12 bits per heavy atom. The highest BCUT2D eigenvalue weighted by atomic mass is 14.9. The molecule has 92 valence electrons. The minimum atomic E-state index is 1.06. The number of hydrogen-bond donors (Lipinski definition) is 1. The molecule has 1 N–H and O–H groups in total. The van der Waals surface area contributed by atoms with Crippen molar-refractivity contribution in [2.24, 2.45) is 7.05 Å². The summed E-state index contributed by atoms with van der Waals surface area (Å²) in [7, 11) is 2.13. The van der Waals surface area contributed by atoms with Crippen molar-refractivity contribution in [1.82, 2.24) is 9.88 Å². The van der Waals surface area contributed by atoms with Gasteiger partial charge in [0.25, 0.3) is 0 Å². The van der Waals surface area contributed by atoms with Gasteiger partial charge in [0.2, 0.25) is 0 Å². The van der Waals surface area contributed by atoms with Crippen molar-refractivity contribution in [3.8, 4) is 0 Å². The van der Waals surface area contributed by atoms with Crippen LogP contribution in [0.25, 0.3) is 10.9 Å². The Hall–Kier alpha value is -1.28. The number of nitrogens with zero attached hydrogens (tertiary/aromatic N) is 1. The van der Waals surface area contributed by atoms with Gasteiger partial charge in [0.1, 0.15) is 0 Å². The van der Waals surface area contributed by atoms with Gasteiger partial charge in [-0.05, 0) is 50.0 Å². The van der Waals surface area contributed by atoms with E-state index in [0.29, 0.717) is 0 Å². The Balaban J connectivity index is 2.17. The molecule has 0 radical (unpaired) electrons. The maximum atomic E-state index is 3.38. The van der Waals surface area contributed by atoms with Gasteiger partial charge in [0, 0.05) is 24.1 Å². The van der Waals surface area contributed by atoms with Crippen LogP contribution in [-0.2, 0) is 13.5 Å². The second kappa shape index (κ2) is 5.37. The van der Waals surface area contributed by atoms with Crippen LogP contribution in [-0.4, -0.2) is 17.7 Å². The van der Waals surface area contributed by atoms with E-state index in [0.717, 1.165) is 19.5 Å². The minimum Gasteiger partial charge on any atom is -0.350 e. The normalized spacial score (nSPS) is 11.2. The number of aryl methyl sites for hydroxylation is 3. The van der Waals surface area contributed by atoms with E-state index in [1.807, 2.05) is 0 Å². The lowest BCUT2D eigenvalue weighted by atomic mass is 10.1. The van der Waals surface area contributed by atoms with Crippen LogP contribution in [0.5, 0.6) is 0 Å². The first-order valence-electron chi connectivity index (χ1n) is 6.47. The number of aromatic nitrogens is 1. The lowest BCUT2D eigenvalue weighted by molar-refractivity contribution is 0.673. The van der Waals surface area contributed by atoms with Crippen molar-refractivity contribution in [2.45, 2.75) is 26.7 Å². The smallest absolute Gasteiger partial charge is 0.0483 e. The molecule has 0 unspecified atom stereocenters. The molecule has 2 nitrogen and oxygen atoms in total. The van der Waals surface area contributed by atoms with Crippen LogP contribution < -0.4 is 5.32 Å². The molecule has 0 aliphatic heterocycles. The van der Waals surface area contributed by atoms with Crippen LogP contribution in [0.3, 0.4) is 0 Å². The third-order valence-corrected chi connectivity index (χ3v) is 3.28. The summed E-state index contributed by atoms with van der Waals surface area (Å²) in [5.74, 6) is 0. The molecule has 0 fully saturated rings. The largest absolute Gasteiger partial charge is 0.350 e. The van der Waals surface area contributed by atoms with Crippen LogP contribution in [0.15, 0.2) is 24.4 Å². The second-order valence-corrected chi connectivity index (χ2v) is 4.74. The van der Waals surface area contributed by atoms with Crippen LogP contribution in [0.2, 0.25) is 0 Å². The van der Waals surface area contributed by atoms with Crippen molar-refractivity contribution in [3.63, 3.8) is 0 Å². The first kappa shape index (κ1) is 12.2. The number of rotatable bonds is 5. The summed E-state index contributed by atoms with van der Waals surface area (Å²) in [6, 6.07) is 6.73. The van der Waals surface area contributed by atoms with Gasteiger partial charge in [-0.25, -0.2) is 0 Å². The first-order chi connectivity index (χ1) is 8.22. The maximum absolute atomic E-state index is 3.38. The fourth-order valence-electron chi connectivity index (χ4n) is 2.36. The number of hydrogen-bond acceptors (Lipinski definition) is 1. The SMILES string of the molecule is CCNCCCc1cn(C)c2cc(C)ccc12. The Labute approximate surface area is 104 Å². The Morgan fingerprint density at radius 1 is 1.29 bits per heavy atom. The lowest BCUT2D eigenvalue weighted by Crippen LogP contribution is -2.14. The van der Waals surface area contributed by atoms with E-state index in [9.17, 15) is 0 Å². The zero-order valence-electron chi connectivity index (χ0n) is 11.1. The standard InChI is InChI=1S/C15H22N2/c1-4-16-9-5-6-13-11-17(3)15-10-12(2)7-8-14(13)15/h7-8,10-11,16H,4-6,9H2,1-3H3. The number of benzene rings is 1. The molecule has 17 heavy (non-hydrogen) atoms. The molecular weight excluding hydrogens is 208 g/mol. The number of nitrogens with one attached hydrogen (secondary N) is 1. The summed E-state index contributed by atoms with van der Waals surface area (Å²) < 4.78 is 2.24. The zero-order chi connectivity index (χ0) is 12.3. The van der Waals surface area contributed by atoms with Crippen molar-refractivity contribution in [1.29, 1.82) is 0 Å². The molecule has 0 aliphatic carbocycles. The highest BCUT2D eigenvalue weighted by Gasteiger charge is 2.05. The molecule has 2 rings (SSSR count). The van der Waals surface area contributed by atoms with Crippen molar-refractivity contribution in [2.75, 3.05) is 13.1 Å². The highest BCUT2D eigenvalue weighted by molar-refractivity contribution is 5.84. The topological polar surface area (TPSA) is 17.0 Å². The molecule has 0 spiro atoms. The van der Waals surface area contributed by atoms with Gasteiger partial charge in [-0.3, -0.25) is 0 Å². The quantitative estimate of drug-likeness (QED) is 0.781. The summed E-state index contributed by atoms with van der Waals surface area (Å²) in [6.45, 7) is 6.48. The monoisotopic (exact) mass is 230 g/mol. The molecule has 0 saturated carbocycles. The fraction of sp³-hybridized carbons (Fsp3) is 0.467. The molecule has 0 saturated heterocycles. The molecule has 1 heterocycles. The average Bonchev–Trinajstić information content (AvgIpc) is 2.62. The van der Waals surface area contributed by atoms with E-state index < -0.39 is 0 Å². The summed E-state index contributed by atoms with van der Waals surface area (Å²) in [6.07, 6.45) is 4.64. The average molecular weight is 230 g/mol. The fourth-order valence-corrected chi connectivity index (χ4v) is 2.36. The second-order valence-electron chi connectivity index (χ2n) is 4.74. The van der Waals surface area contributed by atoms with Crippen molar-refractivity contribution < 1.29 is 0 Å². The molecule has 2 aromatic rings. The van der Waals surface area contributed by atoms with Crippen LogP contribution in [0, 0.1) is 6.92 Å². The highest BCUT2D eigenvalue weighted by Crippen LogP contribution is 2.22. The van der Waals surface area contributed by atoms with Crippen molar-refractivity contribution >= 4 is 10.9 Å². The van der Waals surface area contributed by atoms with Crippen molar-refractivity contribution in [3.05, 3.63) is 35.5 Å². The van der Waals surface area contributed by atoms with Crippen LogP contribution >= 0.6 is 0 Å². The lowest BCUT2D eigenvalue weighted by Gasteiger charge is -2.01. The molecule has 2 heteroatoms. The minimum absolute atomic E-state index is 1.06. The Kier molecular flexibility index (Phi) is 3.85. The molecule has 0 bridgehead atoms. The molecule has 1 aromatic heterocycles. The predicted molar refractivity (Wildman–Crippen MR) is 74.5 cm³/mol. The first-order valence-corrected chi connectivity index (χ1v) is 6.47. The van der Waals surface area contributed by atoms with Gasteiger partial charge >= 0.3 is 0 Å². The molecule has 0 amide bonds. The van der Waals surface area contributed by atoms with Crippen LogP contribution in [0.4, 0.5) is 0 Å². The van der Waals surface area contributed by atoms with Gasteiger partial charge in [0.05, 0.1) is 0 Å².